The van der Waals surface area contributed by atoms with Crippen molar-refractivity contribution in [2.24, 2.45) is 45.3 Å². The van der Waals surface area contributed by atoms with Crippen LogP contribution in [0.1, 0.15) is 107 Å². The molecule has 0 spiro atoms. The van der Waals surface area contributed by atoms with Crippen LogP contribution < -0.4 is 0 Å². The first-order chi connectivity index (χ1) is 17.1. The van der Waals surface area contributed by atoms with E-state index in [4.69, 9.17) is 14.2 Å². The summed E-state index contributed by atoms with van der Waals surface area (Å²) in [4.78, 5) is 25.0. The van der Waals surface area contributed by atoms with Crippen LogP contribution in [0.25, 0.3) is 0 Å². The molecule has 0 amide bonds. The highest BCUT2D eigenvalue weighted by atomic mass is 16.7. The molecule has 5 nitrogen and oxygen atoms in total. The summed E-state index contributed by atoms with van der Waals surface area (Å²) >= 11 is 0. The lowest BCUT2D eigenvalue weighted by Crippen LogP contribution is -2.57. The Bertz CT molecular complexity index is 1040. The van der Waals surface area contributed by atoms with Gasteiger partial charge >= 0.3 is 5.97 Å². The van der Waals surface area contributed by atoms with Crippen molar-refractivity contribution in [1.82, 2.24) is 0 Å². The normalized spacial score (nSPS) is 51.5. The van der Waals surface area contributed by atoms with Gasteiger partial charge in [0.05, 0.1) is 11.7 Å². The first-order valence-electron chi connectivity index (χ1n) is 14.9. The van der Waals surface area contributed by atoms with E-state index < -0.39 is 6.29 Å². The van der Waals surface area contributed by atoms with Crippen LogP contribution in [0.5, 0.6) is 0 Å². The van der Waals surface area contributed by atoms with Crippen molar-refractivity contribution in [1.29, 1.82) is 0 Å². The number of carbonyl (C=O) groups is 2. The molecule has 0 aromatic heterocycles. The Morgan fingerprint density at radius 3 is 2.38 bits per heavy atom. The number of epoxide rings is 1. The molecule has 2 heterocycles. The van der Waals surface area contributed by atoms with Gasteiger partial charge < -0.3 is 14.2 Å². The van der Waals surface area contributed by atoms with Crippen LogP contribution in [0.4, 0.5) is 0 Å². The van der Waals surface area contributed by atoms with Gasteiger partial charge in [0.25, 0.3) is 0 Å². The molecular formula is C32H48O5. The van der Waals surface area contributed by atoms with Crippen LogP contribution >= 0.6 is 0 Å². The Balaban J connectivity index is 1.31. The van der Waals surface area contributed by atoms with Crippen molar-refractivity contribution in [3.63, 3.8) is 0 Å². The smallest absolute Gasteiger partial charge is 0.304 e. The Hall–Kier alpha value is -1.20. The van der Waals surface area contributed by atoms with Crippen LogP contribution in [0.3, 0.4) is 0 Å². The van der Waals surface area contributed by atoms with Crippen molar-refractivity contribution in [2.45, 2.75) is 131 Å². The lowest BCUT2D eigenvalue weighted by atomic mass is 9.41. The van der Waals surface area contributed by atoms with Crippen molar-refractivity contribution in [3.8, 4) is 0 Å². The molecule has 206 valence electrons. The lowest BCUT2D eigenvalue weighted by Gasteiger charge is -2.63. The fourth-order valence-corrected chi connectivity index (χ4v) is 10.6. The number of allylic oxidation sites excluding steroid dienone is 2. The van der Waals surface area contributed by atoms with Gasteiger partial charge in [0, 0.05) is 24.7 Å². The van der Waals surface area contributed by atoms with Crippen LogP contribution in [0.15, 0.2) is 11.6 Å². The van der Waals surface area contributed by atoms with E-state index in [0.29, 0.717) is 23.5 Å². The Morgan fingerprint density at radius 1 is 1.03 bits per heavy atom. The summed E-state index contributed by atoms with van der Waals surface area (Å²) in [6, 6.07) is 0. The highest BCUT2D eigenvalue weighted by molar-refractivity contribution is 5.85. The molecule has 0 aromatic carbocycles. The van der Waals surface area contributed by atoms with Crippen molar-refractivity contribution >= 4 is 11.8 Å². The topological polar surface area (TPSA) is 65.1 Å². The number of ether oxygens (including phenoxy) is 3. The minimum atomic E-state index is -0.475. The standard InChI is InChI=1S/C32H48O5/c1-18(33)35-27-19(17-23(36-27)26-29(4,5)37-26)20-11-15-32(8)22-9-10-24-28(2,3)25(34)13-14-30(24,6)21(22)12-16-31(20,32)7/h9,19-21,23-24,26-27H,10-17H2,1-8H3/t19-,20+,21+,23+,24+,26-,27+,30-,31+,32-/m1/s1. The molecule has 0 radical (unpaired) electrons. The summed E-state index contributed by atoms with van der Waals surface area (Å²) in [6.45, 7) is 17.7. The Kier molecular flexibility index (Phi) is 5.58. The van der Waals surface area contributed by atoms with E-state index in [2.05, 4.69) is 54.5 Å². The van der Waals surface area contributed by atoms with E-state index in [9.17, 15) is 9.59 Å². The Morgan fingerprint density at radius 2 is 1.73 bits per heavy atom. The van der Waals surface area contributed by atoms with E-state index in [1.165, 1.54) is 26.2 Å². The van der Waals surface area contributed by atoms with Crippen LogP contribution in [0.2, 0.25) is 0 Å². The maximum atomic E-state index is 12.9. The van der Waals surface area contributed by atoms with Gasteiger partial charge in [0.15, 0.2) is 0 Å². The van der Waals surface area contributed by atoms with Crippen LogP contribution in [-0.2, 0) is 23.8 Å². The van der Waals surface area contributed by atoms with Crippen molar-refractivity contribution in [3.05, 3.63) is 11.6 Å². The van der Waals surface area contributed by atoms with Gasteiger partial charge in [-0.1, -0.05) is 46.3 Å². The second kappa shape index (κ2) is 7.93. The first kappa shape index (κ1) is 26.0. The molecule has 37 heavy (non-hydrogen) atoms. The van der Waals surface area contributed by atoms with Crippen molar-refractivity contribution in [2.75, 3.05) is 0 Å². The summed E-state index contributed by atoms with van der Waals surface area (Å²) in [5.41, 5.74) is 1.76. The van der Waals surface area contributed by atoms with E-state index in [1.54, 1.807) is 5.57 Å². The molecule has 5 fully saturated rings. The Labute approximate surface area is 223 Å². The lowest BCUT2D eigenvalue weighted by molar-refractivity contribution is -0.186. The number of hydrogen-bond acceptors (Lipinski definition) is 5. The zero-order valence-corrected chi connectivity index (χ0v) is 24.3. The third-order valence-corrected chi connectivity index (χ3v) is 13.0. The summed E-state index contributed by atoms with van der Waals surface area (Å²) in [5.74, 6) is 1.84. The largest absolute Gasteiger partial charge is 0.436 e. The molecule has 6 aliphatic rings. The summed E-state index contributed by atoms with van der Waals surface area (Å²) < 4.78 is 18.2. The maximum Gasteiger partial charge on any atom is 0.304 e. The summed E-state index contributed by atoms with van der Waals surface area (Å²) in [6.07, 6.45) is 10.6. The van der Waals surface area contributed by atoms with Gasteiger partial charge in [0.2, 0.25) is 6.29 Å². The van der Waals surface area contributed by atoms with Crippen LogP contribution in [-0.4, -0.2) is 35.9 Å². The van der Waals surface area contributed by atoms with E-state index in [0.717, 1.165) is 32.1 Å². The van der Waals surface area contributed by atoms with Gasteiger partial charge in [-0.15, -0.1) is 0 Å². The molecule has 2 saturated heterocycles. The number of rotatable bonds is 3. The summed E-state index contributed by atoms with van der Waals surface area (Å²) in [7, 11) is 0. The maximum absolute atomic E-state index is 12.9. The predicted molar refractivity (Wildman–Crippen MR) is 141 cm³/mol. The first-order valence-corrected chi connectivity index (χ1v) is 14.9. The number of Topliss-reactive ketones (excluding diaryl/α,β-unsaturated/α-hetero) is 1. The van der Waals surface area contributed by atoms with Gasteiger partial charge in [-0.3, -0.25) is 9.59 Å². The highest BCUT2D eigenvalue weighted by Crippen LogP contribution is 2.73. The second-order valence-electron chi connectivity index (χ2n) is 15.3. The van der Waals surface area contributed by atoms with Crippen LogP contribution in [0, 0.1) is 45.3 Å². The third kappa shape index (κ3) is 3.47. The fourth-order valence-electron chi connectivity index (χ4n) is 10.6. The number of ketones is 1. The molecule has 6 rings (SSSR count). The number of hydrogen-bond donors (Lipinski definition) is 0. The minimum absolute atomic E-state index is 0.00767. The van der Waals surface area contributed by atoms with Gasteiger partial charge in [-0.25, -0.2) is 0 Å². The van der Waals surface area contributed by atoms with Gasteiger partial charge in [0.1, 0.15) is 11.9 Å². The van der Waals surface area contributed by atoms with E-state index in [1.807, 2.05) is 0 Å². The molecule has 3 saturated carbocycles. The number of carbonyl (C=O) groups excluding carboxylic acids is 2. The molecule has 0 N–H and O–H groups in total. The monoisotopic (exact) mass is 512 g/mol. The number of fused-ring (bicyclic) bond motifs is 5. The second-order valence-corrected chi connectivity index (χ2v) is 15.3. The molecule has 4 aliphatic carbocycles. The SMILES string of the molecule is CC(=O)O[C@H]1O[C@H]([C@H]2OC2(C)C)C[C@@H]1[C@@H]1CC[C@]2(C)C3=CC[C@H]4C(C)(C)C(=O)CC[C@]4(C)[C@H]3CC[C@@]12C. The highest BCUT2D eigenvalue weighted by Gasteiger charge is 2.68. The molecule has 0 unspecified atom stereocenters. The van der Waals surface area contributed by atoms with E-state index in [-0.39, 0.29) is 51.4 Å². The average Bonchev–Trinajstić information content (AvgIpc) is 3.12. The zero-order chi connectivity index (χ0) is 26.8. The quantitative estimate of drug-likeness (QED) is 0.241. The predicted octanol–water partition coefficient (Wildman–Crippen LogP) is 6.63. The summed E-state index contributed by atoms with van der Waals surface area (Å²) in [5, 5.41) is 0. The van der Waals surface area contributed by atoms with E-state index >= 15 is 0 Å². The molecule has 0 bridgehead atoms. The number of esters is 1. The molecule has 5 heteroatoms. The average molecular weight is 513 g/mol. The third-order valence-electron chi connectivity index (χ3n) is 13.0. The van der Waals surface area contributed by atoms with Gasteiger partial charge in [-0.05, 0) is 92.8 Å². The molecular weight excluding hydrogens is 464 g/mol. The van der Waals surface area contributed by atoms with Crippen molar-refractivity contribution < 1.29 is 23.8 Å². The minimum Gasteiger partial charge on any atom is -0.436 e. The van der Waals surface area contributed by atoms with Gasteiger partial charge in [-0.2, -0.15) is 0 Å². The molecule has 2 aliphatic heterocycles. The molecule has 0 aromatic rings. The molecule has 10 atom stereocenters. The zero-order valence-electron chi connectivity index (χ0n) is 24.3. The fraction of sp³-hybridized carbons (Fsp3) is 0.875.